The lowest BCUT2D eigenvalue weighted by atomic mass is 9.83. The molecule has 1 N–H and O–H groups in total. The Kier molecular flexibility index (Phi) is 4.13. The Morgan fingerprint density at radius 2 is 1.83 bits per heavy atom. The first-order valence-corrected chi connectivity index (χ1v) is 7.20. The van der Waals surface area contributed by atoms with Crippen molar-refractivity contribution >= 4 is 6.09 Å². The van der Waals surface area contributed by atoms with Gasteiger partial charge in [0.2, 0.25) is 0 Å². The molecule has 1 amide bonds. The second-order valence-corrected chi connectivity index (χ2v) is 6.90. The lowest BCUT2D eigenvalue weighted by Gasteiger charge is -2.47. The van der Waals surface area contributed by atoms with Crippen LogP contribution < -0.4 is 0 Å². The number of aryl methyl sites for hydroxylation is 1. The zero-order valence-electron chi connectivity index (χ0n) is 13.5. The number of likely N-dealkylation sites (tertiary alicyclic amines) is 1. The van der Waals surface area contributed by atoms with Crippen molar-refractivity contribution in [1.82, 2.24) is 4.90 Å². The molecule has 0 aromatic heterocycles. The molecule has 0 aliphatic carbocycles. The topological polar surface area (TPSA) is 49.8 Å². The maximum Gasteiger partial charge on any atom is 0.416 e. The number of amides is 1. The van der Waals surface area contributed by atoms with Crippen molar-refractivity contribution in [3.63, 3.8) is 0 Å². The van der Waals surface area contributed by atoms with E-state index in [4.69, 9.17) is 4.74 Å². The van der Waals surface area contributed by atoms with E-state index in [0.29, 0.717) is 11.1 Å². The number of hydrogen-bond acceptors (Lipinski definition) is 3. The van der Waals surface area contributed by atoms with Crippen molar-refractivity contribution in [2.45, 2.75) is 45.1 Å². The molecule has 0 atom stereocenters. The highest BCUT2D eigenvalue weighted by Gasteiger charge is 2.47. The highest BCUT2D eigenvalue weighted by Crippen LogP contribution is 2.37. The first kappa shape index (κ1) is 17.6. The molecule has 1 aromatic rings. The number of ether oxygens (including phenoxy) is 1. The lowest BCUT2D eigenvalue weighted by molar-refractivity contribution is -0.137. The van der Waals surface area contributed by atoms with Gasteiger partial charge >= 0.3 is 12.3 Å². The predicted octanol–water partition coefficient (Wildman–Crippen LogP) is 3.45. The van der Waals surface area contributed by atoms with Crippen LogP contribution >= 0.6 is 0 Å². The number of carbonyl (C=O) groups is 1. The van der Waals surface area contributed by atoms with Crippen LogP contribution in [-0.4, -0.2) is 34.8 Å². The fourth-order valence-corrected chi connectivity index (χ4v) is 2.57. The average molecular weight is 331 g/mol. The van der Waals surface area contributed by atoms with Crippen LogP contribution in [0.4, 0.5) is 18.0 Å². The molecule has 4 nitrogen and oxygen atoms in total. The van der Waals surface area contributed by atoms with Crippen molar-refractivity contribution in [3.05, 3.63) is 34.9 Å². The summed E-state index contributed by atoms with van der Waals surface area (Å²) in [6.07, 6.45) is -4.97. The van der Waals surface area contributed by atoms with Crippen LogP contribution in [0.1, 0.15) is 37.5 Å². The van der Waals surface area contributed by atoms with Crippen molar-refractivity contribution in [2.24, 2.45) is 0 Å². The van der Waals surface area contributed by atoms with Crippen molar-refractivity contribution in [3.8, 4) is 0 Å². The Morgan fingerprint density at radius 1 is 1.26 bits per heavy atom. The number of alkyl halides is 3. The lowest BCUT2D eigenvalue weighted by Crippen LogP contribution is -2.62. The van der Waals surface area contributed by atoms with Crippen LogP contribution in [0.2, 0.25) is 0 Å². The minimum atomic E-state index is -4.42. The summed E-state index contributed by atoms with van der Waals surface area (Å²) in [6.45, 7) is 6.70. The summed E-state index contributed by atoms with van der Waals surface area (Å²) in [6, 6.07) is 3.21. The Balaban J connectivity index is 2.11. The predicted molar refractivity (Wildman–Crippen MR) is 77.9 cm³/mol. The molecular weight excluding hydrogens is 311 g/mol. The molecule has 1 aliphatic rings. The van der Waals surface area contributed by atoms with E-state index in [0.717, 1.165) is 12.1 Å². The van der Waals surface area contributed by atoms with Gasteiger partial charge in [-0.05, 0) is 51.0 Å². The first-order chi connectivity index (χ1) is 10.3. The fourth-order valence-electron chi connectivity index (χ4n) is 2.57. The maximum absolute atomic E-state index is 12.7. The van der Waals surface area contributed by atoms with Gasteiger partial charge in [0.15, 0.2) is 0 Å². The average Bonchev–Trinajstić information content (AvgIpc) is 2.31. The van der Waals surface area contributed by atoms with Crippen LogP contribution in [0.3, 0.4) is 0 Å². The third-order valence-corrected chi connectivity index (χ3v) is 3.61. The zero-order valence-corrected chi connectivity index (χ0v) is 13.5. The second kappa shape index (κ2) is 5.40. The molecule has 1 aromatic carbocycles. The van der Waals surface area contributed by atoms with Gasteiger partial charge in [-0.2, -0.15) is 13.2 Å². The molecule has 2 rings (SSSR count). The summed E-state index contributed by atoms with van der Waals surface area (Å²) in [5, 5.41) is 10.5. The minimum absolute atomic E-state index is 0.00584. The number of carbonyl (C=O) groups excluding carboxylic acids is 1. The third-order valence-electron chi connectivity index (χ3n) is 3.61. The van der Waals surface area contributed by atoms with Gasteiger partial charge in [0.25, 0.3) is 0 Å². The van der Waals surface area contributed by atoms with E-state index in [1.165, 1.54) is 17.9 Å². The molecular formula is C16H20F3NO3. The number of β-amino-alcohol motifs (C(OH)–C–C–N with tert-alkyl or cyclic N) is 1. The van der Waals surface area contributed by atoms with Crippen LogP contribution in [-0.2, 0) is 16.5 Å². The largest absolute Gasteiger partial charge is 0.444 e. The number of halogens is 3. The van der Waals surface area contributed by atoms with Crippen LogP contribution in [0.25, 0.3) is 0 Å². The molecule has 128 valence electrons. The molecule has 1 aliphatic heterocycles. The number of aliphatic hydroxyl groups is 1. The quantitative estimate of drug-likeness (QED) is 0.857. The fraction of sp³-hybridized carbons (Fsp3) is 0.562. The molecule has 0 bridgehead atoms. The van der Waals surface area contributed by atoms with Gasteiger partial charge in [0.05, 0.1) is 18.7 Å². The van der Waals surface area contributed by atoms with Gasteiger partial charge < -0.3 is 14.7 Å². The van der Waals surface area contributed by atoms with E-state index in [-0.39, 0.29) is 13.1 Å². The van der Waals surface area contributed by atoms with Crippen molar-refractivity contribution in [2.75, 3.05) is 13.1 Å². The SMILES string of the molecule is Cc1cc(C(F)(F)F)ccc1C1(O)CN(C(=O)OC(C)(C)C)C1. The molecule has 0 spiro atoms. The standard InChI is InChI=1S/C16H20F3NO3/c1-10-7-11(16(17,18)19)5-6-12(10)15(22)8-20(9-15)13(21)23-14(2,3)4/h5-7,22H,8-9H2,1-4H3. The van der Waals surface area contributed by atoms with Gasteiger partial charge in [-0.1, -0.05) is 6.07 Å². The third kappa shape index (κ3) is 3.77. The zero-order chi connectivity index (χ0) is 17.6. The Morgan fingerprint density at radius 3 is 2.26 bits per heavy atom. The van der Waals surface area contributed by atoms with Crippen LogP contribution in [0.5, 0.6) is 0 Å². The summed E-state index contributed by atoms with van der Waals surface area (Å²) in [4.78, 5) is 13.2. The van der Waals surface area contributed by atoms with E-state index in [2.05, 4.69) is 0 Å². The van der Waals surface area contributed by atoms with E-state index in [1.54, 1.807) is 20.8 Å². The molecule has 1 fully saturated rings. The monoisotopic (exact) mass is 331 g/mol. The van der Waals surface area contributed by atoms with Gasteiger partial charge in [-0.3, -0.25) is 0 Å². The van der Waals surface area contributed by atoms with E-state index in [1.807, 2.05) is 0 Å². The second-order valence-electron chi connectivity index (χ2n) is 6.90. The van der Waals surface area contributed by atoms with Gasteiger partial charge in [-0.25, -0.2) is 4.79 Å². The summed E-state index contributed by atoms with van der Waals surface area (Å²) in [7, 11) is 0. The van der Waals surface area contributed by atoms with E-state index < -0.39 is 29.0 Å². The van der Waals surface area contributed by atoms with Gasteiger partial charge in [-0.15, -0.1) is 0 Å². The Labute approximate surface area is 132 Å². The van der Waals surface area contributed by atoms with Crippen molar-refractivity contribution < 1.29 is 27.8 Å². The first-order valence-electron chi connectivity index (χ1n) is 7.20. The van der Waals surface area contributed by atoms with Gasteiger partial charge in [0.1, 0.15) is 11.2 Å². The molecule has 1 saturated heterocycles. The molecule has 0 unspecified atom stereocenters. The molecule has 0 radical (unpaired) electrons. The normalized spacial score (nSPS) is 17.7. The Hall–Kier alpha value is -1.76. The summed E-state index contributed by atoms with van der Waals surface area (Å²) >= 11 is 0. The van der Waals surface area contributed by atoms with Crippen LogP contribution in [0.15, 0.2) is 18.2 Å². The minimum Gasteiger partial charge on any atom is -0.444 e. The van der Waals surface area contributed by atoms with Crippen LogP contribution in [0, 0.1) is 6.92 Å². The number of benzene rings is 1. The Bertz CT molecular complexity index is 614. The maximum atomic E-state index is 12.7. The van der Waals surface area contributed by atoms with E-state index >= 15 is 0 Å². The highest BCUT2D eigenvalue weighted by atomic mass is 19.4. The van der Waals surface area contributed by atoms with Crippen molar-refractivity contribution in [1.29, 1.82) is 0 Å². The molecule has 1 heterocycles. The summed E-state index contributed by atoms with van der Waals surface area (Å²) in [5.74, 6) is 0. The summed E-state index contributed by atoms with van der Waals surface area (Å²) < 4.78 is 43.2. The number of nitrogens with zero attached hydrogens (tertiary/aromatic N) is 1. The van der Waals surface area contributed by atoms with E-state index in [9.17, 15) is 23.1 Å². The number of rotatable bonds is 1. The van der Waals surface area contributed by atoms with Gasteiger partial charge in [0, 0.05) is 0 Å². The smallest absolute Gasteiger partial charge is 0.416 e. The highest BCUT2D eigenvalue weighted by molar-refractivity contribution is 5.70. The molecule has 7 heteroatoms. The number of hydrogen-bond donors (Lipinski definition) is 1. The molecule has 0 saturated carbocycles. The molecule has 23 heavy (non-hydrogen) atoms. The summed E-state index contributed by atoms with van der Waals surface area (Å²) in [5.41, 5.74) is -2.01.